The van der Waals surface area contributed by atoms with Gasteiger partial charge in [-0.25, -0.2) is 0 Å². The zero-order chi connectivity index (χ0) is 10.3. The molecule has 0 aliphatic heterocycles. The van der Waals surface area contributed by atoms with E-state index in [0.29, 0.717) is 5.78 Å². The molecule has 0 aromatic rings. The van der Waals surface area contributed by atoms with Crippen LogP contribution >= 0.6 is 0 Å². The van der Waals surface area contributed by atoms with E-state index in [2.05, 4.69) is 0 Å². The van der Waals surface area contributed by atoms with Crippen LogP contribution in [-0.2, 0) is 14.4 Å². The molecule has 0 aromatic carbocycles. The minimum Gasteiger partial charge on any atom is -0.300 e. The third kappa shape index (κ3) is 8.92. The van der Waals surface area contributed by atoms with Crippen molar-refractivity contribution in [3.8, 4) is 0 Å². The van der Waals surface area contributed by atoms with E-state index in [4.69, 9.17) is 0 Å². The number of hydrogen-bond donors (Lipinski definition) is 0. The number of hydrogen-bond acceptors (Lipinski definition) is 3. The summed E-state index contributed by atoms with van der Waals surface area (Å²) in [5.74, 6) is 0.329. The summed E-state index contributed by atoms with van der Waals surface area (Å²) in [6.45, 7) is 2.81. The van der Waals surface area contributed by atoms with Gasteiger partial charge in [-0.1, -0.05) is 0 Å². The van der Waals surface area contributed by atoms with Gasteiger partial charge in [0.2, 0.25) is 0 Å². The molecule has 3 heteroatoms. The van der Waals surface area contributed by atoms with Crippen LogP contribution in [0.1, 0.15) is 46.0 Å². The van der Waals surface area contributed by atoms with Crippen LogP contribution in [0.2, 0.25) is 0 Å². The van der Waals surface area contributed by atoms with E-state index in [1.54, 1.807) is 0 Å². The van der Waals surface area contributed by atoms with Gasteiger partial charge in [0.15, 0.2) is 0 Å². The van der Waals surface area contributed by atoms with Crippen LogP contribution < -0.4 is 0 Å². The normalized spacial score (nSPS) is 14.8. The van der Waals surface area contributed by atoms with Crippen molar-refractivity contribution in [3.63, 3.8) is 0 Å². The Morgan fingerprint density at radius 1 is 1.08 bits per heavy atom. The molecule has 0 aromatic heterocycles. The summed E-state index contributed by atoms with van der Waals surface area (Å²) in [5, 5.41) is 0. The first-order valence-corrected chi connectivity index (χ1v) is 4.53. The largest absolute Gasteiger partial charge is 0.300 e. The zero-order valence-electron chi connectivity index (χ0n) is 8.26. The molecule has 0 heterocycles. The highest BCUT2D eigenvalue weighted by Gasteiger charge is 2.07. The lowest BCUT2D eigenvalue weighted by atomic mass is 10.2. The lowest BCUT2D eigenvalue weighted by Crippen LogP contribution is -1.97. The maximum absolute atomic E-state index is 10.2. The van der Waals surface area contributed by atoms with Crippen molar-refractivity contribution >= 4 is 17.3 Å². The summed E-state index contributed by atoms with van der Waals surface area (Å²) in [4.78, 5) is 30.3. The van der Waals surface area contributed by atoms with Gasteiger partial charge in [-0.3, -0.25) is 14.4 Å². The third-order valence-electron chi connectivity index (χ3n) is 1.66. The minimum absolute atomic E-state index is 0.0625. The Bertz CT molecular complexity index is 186. The Morgan fingerprint density at radius 3 is 1.54 bits per heavy atom. The van der Waals surface area contributed by atoms with E-state index in [0.717, 1.165) is 25.7 Å². The van der Waals surface area contributed by atoms with Crippen molar-refractivity contribution in [1.29, 1.82) is 0 Å². The maximum atomic E-state index is 10.2. The molecular weight excluding hydrogens is 168 g/mol. The van der Waals surface area contributed by atoms with Gasteiger partial charge in [-0.05, 0) is 26.7 Å². The fraction of sp³-hybridized carbons (Fsp3) is 0.700. The molecule has 13 heavy (non-hydrogen) atoms. The SMILES string of the molecule is CC(=O)CC(C)=O.O=C1CCCC1. The highest BCUT2D eigenvalue weighted by molar-refractivity contribution is 5.96. The molecule has 3 nitrogen and oxygen atoms in total. The molecular formula is C10H16O3. The summed E-state index contributed by atoms with van der Waals surface area (Å²) >= 11 is 0. The van der Waals surface area contributed by atoms with Crippen LogP contribution in [0.15, 0.2) is 0 Å². The van der Waals surface area contributed by atoms with Crippen molar-refractivity contribution < 1.29 is 14.4 Å². The molecule has 0 spiro atoms. The lowest BCUT2D eigenvalue weighted by Gasteiger charge is -1.81. The molecule has 74 valence electrons. The van der Waals surface area contributed by atoms with Crippen molar-refractivity contribution in [3.05, 3.63) is 0 Å². The van der Waals surface area contributed by atoms with E-state index in [-0.39, 0.29) is 18.0 Å². The average molecular weight is 184 g/mol. The lowest BCUT2D eigenvalue weighted by molar-refractivity contribution is -0.124. The monoisotopic (exact) mass is 184 g/mol. The highest BCUT2D eigenvalue weighted by atomic mass is 16.1. The van der Waals surface area contributed by atoms with Crippen molar-refractivity contribution in [2.75, 3.05) is 0 Å². The fourth-order valence-corrected chi connectivity index (χ4v) is 1.12. The molecule has 0 bridgehead atoms. The molecule has 0 N–H and O–H groups in total. The summed E-state index contributed by atoms with van der Waals surface area (Å²) in [5.41, 5.74) is 0. The first-order valence-electron chi connectivity index (χ1n) is 4.53. The Hall–Kier alpha value is -0.990. The Morgan fingerprint density at radius 2 is 1.46 bits per heavy atom. The third-order valence-corrected chi connectivity index (χ3v) is 1.66. The zero-order valence-corrected chi connectivity index (χ0v) is 8.26. The molecule has 0 radical (unpaired) electrons. The van der Waals surface area contributed by atoms with Crippen LogP contribution in [0.5, 0.6) is 0 Å². The number of ketones is 3. The fourth-order valence-electron chi connectivity index (χ4n) is 1.12. The topological polar surface area (TPSA) is 51.2 Å². The minimum atomic E-state index is -0.0625. The number of carbonyl (C=O) groups excluding carboxylic acids is 3. The quantitative estimate of drug-likeness (QED) is 0.613. The second-order valence-corrected chi connectivity index (χ2v) is 3.33. The maximum Gasteiger partial charge on any atom is 0.137 e. The molecule has 1 fully saturated rings. The second kappa shape index (κ2) is 6.52. The smallest absolute Gasteiger partial charge is 0.137 e. The van der Waals surface area contributed by atoms with Crippen LogP contribution in [-0.4, -0.2) is 17.3 Å². The number of rotatable bonds is 2. The predicted molar refractivity (Wildman–Crippen MR) is 49.5 cm³/mol. The molecule has 1 saturated carbocycles. The number of carbonyl (C=O) groups is 3. The Labute approximate surface area is 78.5 Å². The molecule has 0 unspecified atom stereocenters. The molecule has 0 amide bonds. The van der Waals surface area contributed by atoms with Crippen molar-refractivity contribution in [2.45, 2.75) is 46.0 Å². The Kier molecular flexibility index (Phi) is 6.02. The van der Waals surface area contributed by atoms with Crippen LogP contribution in [0, 0.1) is 0 Å². The highest BCUT2D eigenvalue weighted by Crippen LogP contribution is 2.11. The summed E-state index contributed by atoms with van der Waals surface area (Å²) in [7, 11) is 0. The molecule has 1 aliphatic carbocycles. The first-order chi connectivity index (χ1) is 6.02. The molecule has 1 rings (SSSR count). The van der Waals surface area contributed by atoms with Gasteiger partial charge in [0.05, 0.1) is 6.42 Å². The van der Waals surface area contributed by atoms with Crippen LogP contribution in [0.25, 0.3) is 0 Å². The number of Topliss-reactive ketones (excluding diaryl/α,β-unsaturated/α-hetero) is 3. The average Bonchev–Trinajstić information content (AvgIpc) is 2.37. The van der Waals surface area contributed by atoms with Crippen LogP contribution in [0.4, 0.5) is 0 Å². The molecule has 0 saturated heterocycles. The van der Waals surface area contributed by atoms with Gasteiger partial charge in [-0.15, -0.1) is 0 Å². The summed E-state index contributed by atoms with van der Waals surface area (Å²) in [6, 6.07) is 0. The Balaban J connectivity index is 0.000000223. The van der Waals surface area contributed by atoms with Gasteiger partial charge in [0.1, 0.15) is 17.3 Å². The van der Waals surface area contributed by atoms with Crippen molar-refractivity contribution in [2.24, 2.45) is 0 Å². The standard InChI is InChI=1S/C5H8O2.C5H8O/c1-4(6)3-5(2)7;6-5-3-1-2-4-5/h3H2,1-2H3;1-4H2. The van der Waals surface area contributed by atoms with E-state index < -0.39 is 0 Å². The summed E-state index contributed by atoms with van der Waals surface area (Å²) in [6.07, 6.45) is 4.05. The first kappa shape index (κ1) is 12.0. The second-order valence-electron chi connectivity index (χ2n) is 3.33. The summed E-state index contributed by atoms with van der Waals surface area (Å²) < 4.78 is 0. The van der Waals surface area contributed by atoms with Crippen LogP contribution in [0.3, 0.4) is 0 Å². The van der Waals surface area contributed by atoms with Gasteiger partial charge in [0.25, 0.3) is 0 Å². The van der Waals surface area contributed by atoms with Gasteiger partial charge >= 0.3 is 0 Å². The molecule has 0 atom stereocenters. The molecule has 1 aliphatic rings. The van der Waals surface area contributed by atoms with Gasteiger partial charge in [-0.2, -0.15) is 0 Å². The van der Waals surface area contributed by atoms with E-state index in [1.807, 2.05) is 0 Å². The van der Waals surface area contributed by atoms with Gasteiger partial charge in [0, 0.05) is 12.8 Å². The van der Waals surface area contributed by atoms with E-state index >= 15 is 0 Å². The van der Waals surface area contributed by atoms with Gasteiger partial charge < -0.3 is 0 Å². The van der Waals surface area contributed by atoms with E-state index in [9.17, 15) is 14.4 Å². The van der Waals surface area contributed by atoms with Crippen molar-refractivity contribution in [1.82, 2.24) is 0 Å². The van der Waals surface area contributed by atoms with E-state index in [1.165, 1.54) is 13.8 Å². The predicted octanol–water partition coefficient (Wildman–Crippen LogP) is 1.68.